The summed E-state index contributed by atoms with van der Waals surface area (Å²) in [6.45, 7) is 0. The van der Waals surface area contributed by atoms with Crippen molar-refractivity contribution < 1.29 is 4.42 Å². The Kier molecular flexibility index (Phi) is 2.53. The SMILES string of the molecule is N#Cc1cccc2c1ncn2-c1ccc2c(c1)oc1ccccc12. The molecule has 0 aliphatic carbocycles. The van der Waals surface area contributed by atoms with E-state index < -0.39 is 0 Å². The Bertz CT molecular complexity index is 1270. The summed E-state index contributed by atoms with van der Waals surface area (Å²) in [5.74, 6) is 0. The molecule has 0 saturated heterocycles. The van der Waals surface area contributed by atoms with E-state index in [0.717, 1.165) is 33.1 Å². The van der Waals surface area contributed by atoms with Crippen molar-refractivity contribution in [2.75, 3.05) is 0 Å². The van der Waals surface area contributed by atoms with Gasteiger partial charge < -0.3 is 4.42 Å². The monoisotopic (exact) mass is 309 g/mol. The van der Waals surface area contributed by atoms with Gasteiger partial charge in [-0.05, 0) is 30.3 Å². The third-order valence-corrected chi connectivity index (χ3v) is 4.34. The molecule has 0 spiro atoms. The predicted octanol–water partition coefficient (Wildman–Crippen LogP) is 4.80. The van der Waals surface area contributed by atoms with Gasteiger partial charge in [0.2, 0.25) is 0 Å². The van der Waals surface area contributed by atoms with Gasteiger partial charge in [-0.2, -0.15) is 5.26 Å². The fourth-order valence-electron chi connectivity index (χ4n) is 3.20. The number of imidazole rings is 1. The maximum Gasteiger partial charge on any atom is 0.137 e. The minimum Gasteiger partial charge on any atom is -0.456 e. The Morgan fingerprint density at radius 2 is 1.79 bits per heavy atom. The van der Waals surface area contributed by atoms with Crippen molar-refractivity contribution in [3.8, 4) is 11.8 Å². The molecule has 4 nitrogen and oxygen atoms in total. The third-order valence-electron chi connectivity index (χ3n) is 4.34. The van der Waals surface area contributed by atoms with Crippen LogP contribution in [0.25, 0.3) is 38.7 Å². The second-order valence-electron chi connectivity index (χ2n) is 5.68. The van der Waals surface area contributed by atoms with Gasteiger partial charge in [-0.25, -0.2) is 4.98 Å². The van der Waals surface area contributed by atoms with Crippen LogP contribution in [-0.4, -0.2) is 9.55 Å². The van der Waals surface area contributed by atoms with E-state index in [2.05, 4.69) is 23.2 Å². The molecule has 0 radical (unpaired) electrons. The molecule has 112 valence electrons. The molecule has 0 fully saturated rings. The Morgan fingerprint density at radius 1 is 0.917 bits per heavy atom. The van der Waals surface area contributed by atoms with E-state index in [9.17, 15) is 5.26 Å². The highest BCUT2D eigenvalue weighted by atomic mass is 16.3. The van der Waals surface area contributed by atoms with Crippen molar-refractivity contribution >= 4 is 33.0 Å². The van der Waals surface area contributed by atoms with Crippen LogP contribution in [0.5, 0.6) is 0 Å². The van der Waals surface area contributed by atoms with E-state index in [1.54, 1.807) is 12.4 Å². The molecule has 24 heavy (non-hydrogen) atoms. The highest BCUT2D eigenvalue weighted by Gasteiger charge is 2.11. The van der Waals surface area contributed by atoms with E-state index in [-0.39, 0.29) is 0 Å². The lowest BCUT2D eigenvalue weighted by Gasteiger charge is -2.04. The fraction of sp³-hybridized carbons (Fsp3) is 0. The summed E-state index contributed by atoms with van der Waals surface area (Å²) in [6.07, 6.45) is 1.75. The molecule has 5 aromatic rings. The number of fused-ring (bicyclic) bond motifs is 4. The maximum absolute atomic E-state index is 9.22. The zero-order valence-electron chi connectivity index (χ0n) is 12.6. The molecule has 0 N–H and O–H groups in total. The lowest BCUT2D eigenvalue weighted by atomic mass is 10.1. The van der Waals surface area contributed by atoms with Crippen LogP contribution in [0.2, 0.25) is 0 Å². The molecule has 5 rings (SSSR count). The molecule has 0 unspecified atom stereocenters. The first-order chi connectivity index (χ1) is 11.8. The minimum atomic E-state index is 0.580. The molecule has 0 saturated carbocycles. The normalized spacial score (nSPS) is 11.3. The standard InChI is InChI=1S/C20H11N3O/c21-11-13-4-3-6-17-20(13)22-12-23(17)14-8-9-16-15-5-1-2-7-18(15)24-19(16)10-14/h1-10,12H. The first kappa shape index (κ1) is 12.9. The molecular formula is C20H11N3O. The molecule has 2 heterocycles. The second-order valence-corrected chi connectivity index (χ2v) is 5.68. The van der Waals surface area contributed by atoms with Crippen molar-refractivity contribution in [2.24, 2.45) is 0 Å². The Hall–Kier alpha value is -3.58. The summed E-state index contributed by atoms with van der Waals surface area (Å²) in [5.41, 5.74) is 4.88. The van der Waals surface area contributed by atoms with Gasteiger partial charge in [-0.3, -0.25) is 4.57 Å². The van der Waals surface area contributed by atoms with E-state index in [0.29, 0.717) is 11.1 Å². The van der Waals surface area contributed by atoms with Gasteiger partial charge in [0.15, 0.2) is 0 Å². The second kappa shape index (κ2) is 4.71. The zero-order valence-corrected chi connectivity index (χ0v) is 12.6. The van der Waals surface area contributed by atoms with Crippen molar-refractivity contribution in [1.82, 2.24) is 9.55 Å². The predicted molar refractivity (Wildman–Crippen MR) is 93.1 cm³/mol. The molecule has 0 amide bonds. The summed E-state index contributed by atoms with van der Waals surface area (Å²) in [6, 6.07) is 21.9. The number of hydrogen-bond acceptors (Lipinski definition) is 3. The van der Waals surface area contributed by atoms with Gasteiger partial charge in [0.1, 0.15) is 29.1 Å². The van der Waals surface area contributed by atoms with Crippen molar-refractivity contribution in [3.63, 3.8) is 0 Å². The lowest BCUT2D eigenvalue weighted by molar-refractivity contribution is 0.668. The summed E-state index contributed by atoms with van der Waals surface area (Å²) in [7, 11) is 0. The third kappa shape index (κ3) is 1.70. The van der Waals surface area contributed by atoms with Crippen LogP contribution in [0.4, 0.5) is 0 Å². The Balaban J connectivity index is 1.78. The van der Waals surface area contributed by atoms with Crippen LogP contribution in [0.15, 0.2) is 71.4 Å². The highest BCUT2D eigenvalue weighted by Crippen LogP contribution is 2.31. The van der Waals surface area contributed by atoms with Gasteiger partial charge in [0.25, 0.3) is 0 Å². The highest BCUT2D eigenvalue weighted by molar-refractivity contribution is 6.05. The zero-order chi connectivity index (χ0) is 16.1. The van der Waals surface area contributed by atoms with Gasteiger partial charge in [0.05, 0.1) is 16.8 Å². The molecular weight excluding hydrogens is 298 g/mol. The van der Waals surface area contributed by atoms with Crippen molar-refractivity contribution in [2.45, 2.75) is 0 Å². The van der Waals surface area contributed by atoms with E-state index in [4.69, 9.17) is 4.42 Å². The number of benzene rings is 3. The molecule has 0 atom stereocenters. The quantitative estimate of drug-likeness (QED) is 0.447. The maximum atomic E-state index is 9.22. The number of furan rings is 1. The number of para-hydroxylation sites is 2. The number of nitrogens with zero attached hydrogens (tertiary/aromatic N) is 3. The van der Waals surface area contributed by atoms with Gasteiger partial charge in [-0.15, -0.1) is 0 Å². The molecule has 2 aromatic heterocycles. The van der Waals surface area contributed by atoms with Gasteiger partial charge in [-0.1, -0.05) is 24.3 Å². The van der Waals surface area contributed by atoms with Crippen LogP contribution in [0.1, 0.15) is 5.56 Å². The Labute approximate surface area is 137 Å². The Morgan fingerprint density at radius 3 is 2.71 bits per heavy atom. The van der Waals surface area contributed by atoms with Crippen LogP contribution in [0.3, 0.4) is 0 Å². The average Bonchev–Trinajstić information content (AvgIpc) is 3.22. The summed E-state index contributed by atoms with van der Waals surface area (Å²) in [5, 5.41) is 11.4. The van der Waals surface area contributed by atoms with E-state index in [1.165, 1.54) is 0 Å². The van der Waals surface area contributed by atoms with E-state index in [1.807, 2.05) is 47.0 Å². The summed E-state index contributed by atoms with van der Waals surface area (Å²) in [4.78, 5) is 4.40. The van der Waals surface area contributed by atoms with Crippen LogP contribution in [0, 0.1) is 11.3 Å². The fourth-order valence-corrected chi connectivity index (χ4v) is 3.20. The van der Waals surface area contributed by atoms with Gasteiger partial charge >= 0.3 is 0 Å². The molecule has 0 aliphatic heterocycles. The smallest absolute Gasteiger partial charge is 0.137 e. The first-order valence-electron chi connectivity index (χ1n) is 7.63. The number of hydrogen-bond donors (Lipinski definition) is 0. The van der Waals surface area contributed by atoms with Crippen LogP contribution < -0.4 is 0 Å². The van der Waals surface area contributed by atoms with Crippen molar-refractivity contribution in [1.29, 1.82) is 5.26 Å². The lowest BCUT2D eigenvalue weighted by Crippen LogP contribution is -1.91. The largest absolute Gasteiger partial charge is 0.456 e. The molecule has 0 aliphatic rings. The molecule has 0 bridgehead atoms. The van der Waals surface area contributed by atoms with Crippen LogP contribution in [-0.2, 0) is 0 Å². The number of aromatic nitrogens is 2. The number of nitriles is 1. The minimum absolute atomic E-state index is 0.580. The van der Waals surface area contributed by atoms with Gasteiger partial charge in [0, 0.05) is 16.8 Å². The van der Waals surface area contributed by atoms with E-state index >= 15 is 0 Å². The van der Waals surface area contributed by atoms with Crippen molar-refractivity contribution in [3.05, 3.63) is 72.6 Å². The summed E-state index contributed by atoms with van der Waals surface area (Å²) >= 11 is 0. The molecule has 4 heteroatoms. The molecule has 3 aromatic carbocycles. The number of rotatable bonds is 1. The topological polar surface area (TPSA) is 54.8 Å². The summed E-state index contributed by atoms with van der Waals surface area (Å²) < 4.78 is 7.94. The van der Waals surface area contributed by atoms with Crippen LogP contribution >= 0.6 is 0 Å². The first-order valence-corrected chi connectivity index (χ1v) is 7.63. The average molecular weight is 309 g/mol.